The molecule has 2 rings (SSSR count). The van der Waals surface area contributed by atoms with Crippen molar-refractivity contribution in [3.63, 3.8) is 0 Å². The lowest BCUT2D eigenvalue weighted by atomic mass is 10.1. The van der Waals surface area contributed by atoms with Crippen LogP contribution in [0.2, 0.25) is 0 Å². The second-order valence-electron chi connectivity index (χ2n) is 4.64. The zero-order valence-corrected chi connectivity index (χ0v) is 12.1. The number of nitrogens with one attached hydrogen (secondary N) is 1. The molecule has 0 spiro atoms. The Balaban J connectivity index is 1.89. The van der Waals surface area contributed by atoms with Crippen LogP contribution < -0.4 is 10.1 Å². The van der Waals surface area contributed by atoms with Gasteiger partial charge in [0.2, 0.25) is 0 Å². The van der Waals surface area contributed by atoms with Crippen molar-refractivity contribution >= 4 is 17.4 Å². The molecular formula is C18H15NO3. The molecule has 0 aliphatic heterocycles. The minimum atomic E-state index is -0.287. The van der Waals surface area contributed by atoms with Crippen LogP contribution >= 0.6 is 0 Å². The van der Waals surface area contributed by atoms with E-state index in [0.717, 1.165) is 0 Å². The number of ketones is 1. The number of hydrogen-bond donors (Lipinski definition) is 1. The van der Waals surface area contributed by atoms with Crippen LogP contribution in [-0.2, 0) is 4.79 Å². The molecule has 0 aliphatic rings. The fraction of sp³-hybridized carbons (Fsp3) is 0.111. The lowest BCUT2D eigenvalue weighted by Crippen LogP contribution is -2.20. The van der Waals surface area contributed by atoms with E-state index in [1.54, 1.807) is 48.5 Å². The maximum atomic E-state index is 11.8. The molecule has 0 fully saturated rings. The molecule has 1 amide bonds. The van der Waals surface area contributed by atoms with Gasteiger partial charge in [0, 0.05) is 16.8 Å². The van der Waals surface area contributed by atoms with Crippen LogP contribution in [0.5, 0.6) is 5.75 Å². The molecule has 0 aromatic heterocycles. The van der Waals surface area contributed by atoms with Crippen molar-refractivity contribution in [3.8, 4) is 18.1 Å². The number of rotatable bonds is 5. The molecule has 2 aromatic carbocycles. The van der Waals surface area contributed by atoms with Gasteiger partial charge in [-0.1, -0.05) is 12.0 Å². The van der Waals surface area contributed by atoms with Crippen LogP contribution in [0, 0.1) is 12.3 Å². The summed E-state index contributed by atoms with van der Waals surface area (Å²) in [7, 11) is 0. The summed E-state index contributed by atoms with van der Waals surface area (Å²) in [4.78, 5) is 23.0. The molecule has 2 aromatic rings. The normalized spacial score (nSPS) is 9.64. The summed E-state index contributed by atoms with van der Waals surface area (Å²) < 4.78 is 5.37. The first-order valence-electron chi connectivity index (χ1n) is 6.69. The molecule has 0 heterocycles. The lowest BCUT2D eigenvalue weighted by Gasteiger charge is -2.08. The van der Waals surface area contributed by atoms with Crippen molar-refractivity contribution in [3.05, 3.63) is 59.7 Å². The van der Waals surface area contributed by atoms with Gasteiger partial charge in [-0.15, -0.1) is 6.42 Å². The molecule has 0 saturated carbocycles. The second-order valence-corrected chi connectivity index (χ2v) is 4.64. The molecule has 0 atom stereocenters. The Morgan fingerprint density at radius 2 is 1.91 bits per heavy atom. The number of ether oxygens (including phenoxy) is 1. The van der Waals surface area contributed by atoms with Gasteiger partial charge in [-0.3, -0.25) is 9.59 Å². The number of benzene rings is 2. The topological polar surface area (TPSA) is 55.4 Å². The average Bonchev–Trinajstić information content (AvgIpc) is 2.53. The standard InChI is InChI=1S/C18H15NO3/c1-3-14-5-4-6-16(11-14)19-18(21)12-22-17-9-7-15(8-10-17)13(2)20/h1,4-11H,12H2,2H3,(H,19,21). The van der Waals surface area contributed by atoms with E-state index in [-0.39, 0.29) is 18.3 Å². The Bertz CT molecular complexity index is 727. The van der Waals surface area contributed by atoms with Crippen molar-refractivity contribution in [2.75, 3.05) is 11.9 Å². The zero-order valence-electron chi connectivity index (χ0n) is 12.1. The van der Waals surface area contributed by atoms with Gasteiger partial charge in [0.05, 0.1) is 0 Å². The molecule has 0 saturated heterocycles. The Morgan fingerprint density at radius 3 is 2.55 bits per heavy atom. The third kappa shape index (κ3) is 4.22. The number of carbonyl (C=O) groups excluding carboxylic acids is 2. The van der Waals surface area contributed by atoms with E-state index in [1.165, 1.54) is 6.92 Å². The fourth-order valence-corrected chi connectivity index (χ4v) is 1.82. The van der Waals surface area contributed by atoms with E-state index in [0.29, 0.717) is 22.6 Å². The van der Waals surface area contributed by atoms with Gasteiger partial charge in [-0.05, 0) is 49.4 Å². The molecule has 4 heteroatoms. The smallest absolute Gasteiger partial charge is 0.262 e. The Kier molecular flexibility index (Phi) is 4.94. The summed E-state index contributed by atoms with van der Waals surface area (Å²) in [5.74, 6) is 2.72. The minimum Gasteiger partial charge on any atom is -0.484 e. The molecular weight excluding hydrogens is 278 g/mol. The molecule has 1 N–H and O–H groups in total. The summed E-state index contributed by atoms with van der Waals surface area (Å²) in [6.45, 7) is 1.37. The first-order chi connectivity index (χ1) is 10.6. The first-order valence-corrected chi connectivity index (χ1v) is 6.69. The summed E-state index contributed by atoms with van der Waals surface area (Å²) >= 11 is 0. The van der Waals surface area contributed by atoms with Gasteiger partial charge in [0.15, 0.2) is 12.4 Å². The van der Waals surface area contributed by atoms with Crippen molar-refractivity contribution in [2.24, 2.45) is 0 Å². The molecule has 0 bridgehead atoms. The predicted molar refractivity (Wildman–Crippen MR) is 84.9 cm³/mol. The van der Waals surface area contributed by atoms with Gasteiger partial charge in [-0.2, -0.15) is 0 Å². The van der Waals surface area contributed by atoms with Crippen LogP contribution in [0.15, 0.2) is 48.5 Å². The largest absolute Gasteiger partial charge is 0.484 e. The SMILES string of the molecule is C#Cc1cccc(NC(=O)COc2ccc(C(C)=O)cc2)c1. The number of anilines is 1. The fourth-order valence-electron chi connectivity index (χ4n) is 1.82. The van der Waals surface area contributed by atoms with Crippen molar-refractivity contribution in [1.29, 1.82) is 0 Å². The van der Waals surface area contributed by atoms with E-state index in [2.05, 4.69) is 11.2 Å². The number of carbonyl (C=O) groups is 2. The third-order valence-electron chi connectivity index (χ3n) is 2.94. The van der Waals surface area contributed by atoms with Gasteiger partial charge in [0.1, 0.15) is 5.75 Å². The van der Waals surface area contributed by atoms with Crippen LogP contribution in [0.4, 0.5) is 5.69 Å². The van der Waals surface area contributed by atoms with Crippen molar-refractivity contribution < 1.29 is 14.3 Å². The monoisotopic (exact) mass is 293 g/mol. The van der Waals surface area contributed by atoms with E-state index < -0.39 is 0 Å². The minimum absolute atomic E-state index is 0.0160. The van der Waals surface area contributed by atoms with Gasteiger partial charge < -0.3 is 10.1 Å². The number of hydrogen-bond acceptors (Lipinski definition) is 3. The van der Waals surface area contributed by atoms with E-state index in [9.17, 15) is 9.59 Å². The second kappa shape index (κ2) is 7.09. The Morgan fingerprint density at radius 1 is 1.18 bits per heavy atom. The van der Waals surface area contributed by atoms with Crippen LogP contribution in [0.3, 0.4) is 0 Å². The van der Waals surface area contributed by atoms with Crippen LogP contribution in [-0.4, -0.2) is 18.3 Å². The number of amides is 1. The highest BCUT2D eigenvalue weighted by Crippen LogP contribution is 2.13. The lowest BCUT2D eigenvalue weighted by molar-refractivity contribution is -0.118. The molecule has 110 valence electrons. The number of Topliss-reactive ketones (excluding diaryl/α,β-unsaturated/α-hetero) is 1. The molecule has 4 nitrogen and oxygen atoms in total. The predicted octanol–water partition coefficient (Wildman–Crippen LogP) is 2.89. The van der Waals surface area contributed by atoms with Crippen LogP contribution in [0.1, 0.15) is 22.8 Å². The molecule has 0 unspecified atom stereocenters. The van der Waals surface area contributed by atoms with Crippen LogP contribution in [0.25, 0.3) is 0 Å². The Hall–Kier alpha value is -3.06. The molecule has 0 aliphatic carbocycles. The average molecular weight is 293 g/mol. The quantitative estimate of drug-likeness (QED) is 0.681. The highest BCUT2D eigenvalue weighted by Gasteiger charge is 2.05. The van der Waals surface area contributed by atoms with Gasteiger partial charge >= 0.3 is 0 Å². The summed E-state index contributed by atoms with van der Waals surface area (Å²) in [5, 5.41) is 2.70. The van der Waals surface area contributed by atoms with Crippen molar-refractivity contribution in [1.82, 2.24) is 0 Å². The van der Waals surface area contributed by atoms with E-state index in [4.69, 9.17) is 11.2 Å². The molecule has 22 heavy (non-hydrogen) atoms. The maximum absolute atomic E-state index is 11.8. The number of terminal acetylenes is 1. The Labute approximate surface area is 129 Å². The van der Waals surface area contributed by atoms with E-state index in [1.807, 2.05) is 0 Å². The maximum Gasteiger partial charge on any atom is 0.262 e. The first kappa shape index (κ1) is 15.3. The zero-order chi connectivity index (χ0) is 15.9. The van der Waals surface area contributed by atoms with Gasteiger partial charge in [-0.25, -0.2) is 0 Å². The van der Waals surface area contributed by atoms with E-state index >= 15 is 0 Å². The summed E-state index contributed by atoms with van der Waals surface area (Å²) in [6.07, 6.45) is 5.31. The third-order valence-corrected chi connectivity index (χ3v) is 2.94. The summed E-state index contributed by atoms with van der Waals surface area (Å²) in [6, 6.07) is 13.6. The summed E-state index contributed by atoms with van der Waals surface area (Å²) in [5.41, 5.74) is 1.91. The highest BCUT2D eigenvalue weighted by atomic mass is 16.5. The molecule has 0 radical (unpaired) electrons. The highest BCUT2D eigenvalue weighted by molar-refractivity contribution is 5.94. The van der Waals surface area contributed by atoms with Crippen molar-refractivity contribution in [2.45, 2.75) is 6.92 Å². The van der Waals surface area contributed by atoms with Gasteiger partial charge in [0.25, 0.3) is 5.91 Å².